The van der Waals surface area contributed by atoms with Crippen LogP contribution in [0, 0.1) is 11.7 Å². The van der Waals surface area contributed by atoms with Gasteiger partial charge in [-0.05, 0) is 80.7 Å². The van der Waals surface area contributed by atoms with Crippen molar-refractivity contribution in [1.29, 1.82) is 0 Å². The van der Waals surface area contributed by atoms with Gasteiger partial charge in [0.1, 0.15) is 11.5 Å². The second kappa shape index (κ2) is 7.71. The van der Waals surface area contributed by atoms with E-state index in [9.17, 15) is 9.18 Å². The Bertz CT molecular complexity index is 1170. The van der Waals surface area contributed by atoms with Crippen LogP contribution in [0.4, 0.5) is 10.1 Å². The van der Waals surface area contributed by atoms with Crippen molar-refractivity contribution in [2.75, 3.05) is 44.2 Å². The lowest BCUT2D eigenvalue weighted by Crippen LogP contribution is -2.41. The lowest BCUT2D eigenvalue weighted by molar-refractivity contribution is 0.0980. The molecule has 1 spiro atoms. The van der Waals surface area contributed by atoms with Crippen molar-refractivity contribution in [2.24, 2.45) is 5.92 Å². The summed E-state index contributed by atoms with van der Waals surface area (Å²) in [4.78, 5) is 21.3. The highest BCUT2D eigenvalue weighted by atomic mass is 19.1. The number of anilines is 1. The third kappa shape index (κ3) is 3.33. The van der Waals surface area contributed by atoms with Gasteiger partial charge in [0, 0.05) is 41.6 Å². The molecule has 0 bridgehead atoms. The molecule has 6 heteroatoms. The Kier molecular flexibility index (Phi) is 4.81. The van der Waals surface area contributed by atoms with Gasteiger partial charge >= 0.3 is 0 Å². The fourth-order valence-corrected chi connectivity index (χ4v) is 6.08. The van der Waals surface area contributed by atoms with Crippen LogP contribution in [-0.2, 0) is 5.41 Å². The van der Waals surface area contributed by atoms with Crippen molar-refractivity contribution < 1.29 is 9.18 Å². The number of amides is 1. The van der Waals surface area contributed by atoms with Crippen LogP contribution in [0.1, 0.15) is 35.3 Å². The Morgan fingerprint density at radius 1 is 1.16 bits per heavy atom. The zero-order valence-electron chi connectivity index (χ0n) is 18.2. The number of piperidine rings is 1. The van der Waals surface area contributed by atoms with Gasteiger partial charge in [-0.15, -0.1) is 0 Å². The monoisotopic (exact) mass is 432 g/mol. The van der Waals surface area contributed by atoms with Crippen molar-refractivity contribution in [2.45, 2.75) is 24.7 Å². The third-order valence-corrected chi connectivity index (χ3v) is 7.63. The van der Waals surface area contributed by atoms with Crippen LogP contribution in [0.25, 0.3) is 10.9 Å². The summed E-state index contributed by atoms with van der Waals surface area (Å²) in [6.07, 6.45) is 3.65. The number of fused-ring (bicyclic) bond motifs is 3. The normalized spacial score (nSPS) is 25.7. The molecule has 3 aliphatic heterocycles. The summed E-state index contributed by atoms with van der Waals surface area (Å²) in [6, 6.07) is 14.7. The van der Waals surface area contributed by atoms with E-state index < -0.39 is 0 Å². The minimum absolute atomic E-state index is 0.00747. The van der Waals surface area contributed by atoms with Crippen LogP contribution in [0.5, 0.6) is 0 Å². The molecule has 32 heavy (non-hydrogen) atoms. The Morgan fingerprint density at radius 2 is 2.06 bits per heavy atom. The number of H-pyrrole nitrogens is 1. The molecule has 3 aromatic rings. The van der Waals surface area contributed by atoms with Gasteiger partial charge in [-0.2, -0.15) is 0 Å². The number of rotatable bonds is 3. The van der Waals surface area contributed by atoms with E-state index in [2.05, 4.69) is 33.4 Å². The minimum Gasteiger partial charge on any atom is -0.351 e. The van der Waals surface area contributed by atoms with Crippen molar-refractivity contribution in [3.63, 3.8) is 0 Å². The molecule has 6 rings (SSSR count). The Balaban J connectivity index is 1.27. The third-order valence-electron chi connectivity index (χ3n) is 7.63. The Morgan fingerprint density at radius 3 is 2.94 bits per heavy atom. The van der Waals surface area contributed by atoms with E-state index in [-0.39, 0.29) is 17.1 Å². The number of benzene rings is 2. The molecule has 5 nitrogen and oxygen atoms in total. The number of hydrogen-bond acceptors (Lipinski definition) is 3. The van der Waals surface area contributed by atoms with Crippen LogP contribution in [-0.4, -0.2) is 55.1 Å². The molecule has 3 aliphatic rings. The second-order valence-corrected chi connectivity index (χ2v) is 9.80. The number of aromatic amines is 1. The number of para-hydroxylation sites is 1. The van der Waals surface area contributed by atoms with Crippen molar-refractivity contribution in [3.8, 4) is 0 Å². The predicted molar refractivity (Wildman–Crippen MR) is 125 cm³/mol. The van der Waals surface area contributed by atoms with Gasteiger partial charge in [-0.1, -0.05) is 18.2 Å². The number of nitrogens with one attached hydrogen (secondary N) is 2. The van der Waals surface area contributed by atoms with Gasteiger partial charge in [0.2, 0.25) is 0 Å². The summed E-state index contributed by atoms with van der Waals surface area (Å²) in [5.41, 5.74) is 3.60. The van der Waals surface area contributed by atoms with E-state index in [1.165, 1.54) is 30.5 Å². The number of carbonyl (C=O) groups is 1. The number of hydrogen-bond donors (Lipinski definition) is 2. The number of likely N-dealkylation sites (tertiary alicyclic amines) is 1. The highest BCUT2D eigenvalue weighted by Crippen LogP contribution is 2.47. The highest BCUT2D eigenvalue weighted by Gasteiger charge is 2.49. The first-order chi connectivity index (χ1) is 15.6. The fourth-order valence-electron chi connectivity index (χ4n) is 6.08. The van der Waals surface area contributed by atoms with Crippen LogP contribution in [0.15, 0.2) is 48.5 Å². The number of aromatic nitrogens is 1. The van der Waals surface area contributed by atoms with Crippen molar-refractivity contribution in [3.05, 3.63) is 65.6 Å². The van der Waals surface area contributed by atoms with E-state index in [0.29, 0.717) is 12.2 Å². The molecule has 1 aromatic heterocycles. The Labute approximate surface area is 187 Å². The molecule has 1 unspecified atom stereocenters. The SMILES string of the molecule is O=C(c1cc2cc(F)ccc2[nH]1)N1C[C@]2(CCN(CC3CCCNC3)C2)c2ccccc21. The maximum absolute atomic E-state index is 13.6. The van der Waals surface area contributed by atoms with Crippen molar-refractivity contribution in [1.82, 2.24) is 15.2 Å². The molecule has 2 saturated heterocycles. The molecule has 0 aliphatic carbocycles. The average molecular weight is 433 g/mol. The standard InChI is InChI=1S/C26H29FN4O/c27-20-7-8-22-19(12-20)13-23(29-22)25(32)31-17-26(21-5-1-2-6-24(21)31)9-11-30(16-26)15-18-4-3-10-28-14-18/h1-2,5-8,12-13,18,28-29H,3-4,9-11,14-17H2/t18?,26-/m1/s1. The van der Waals surface area contributed by atoms with Crippen LogP contribution < -0.4 is 10.2 Å². The van der Waals surface area contributed by atoms with Gasteiger partial charge in [0.15, 0.2) is 0 Å². The number of carbonyl (C=O) groups excluding carboxylic acids is 1. The summed E-state index contributed by atoms with van der Waals surface area (Å²) in [7, 11) is 0. The molecule has 2 fully saturated rings. The van der Waals surface area contributed by atoms with Crippen molar-refractivity contribution >= 4 is 22.5 Å². The summed E-state index contributed by atoms with van der Waals surface area (Å²) < 4.78 is 13.6. The minimum atomic E-state index is -0.291. The van der Waals surface area contributed by atoms with Crippen LogP contribution >= 0.6 is 0 Å². The molecule has 1 amide bonds. The molecule has 0 saturated carbocycles. The summed E-state index contributed by atoms with van der Waals surface area (Å²) in [6.45, 7) is 6.18. The predicted octanol–water partition coefficient (Wildman–Crippen LogP) is 3.91. The Hall–Kier alpha value is -2.70. The van der Waals surface area contributed by atoms with E-state index in [1.807, 2.05) is 11.0 Å². The summed E-state index contributed by atoms with van der Waals surface area (Å²) >= 11 is 0. The summed E-state index contributed by atoms with van der Waals surface area (Å²) in [5.74, 6) is 0.390. The van der Waals surface area contributed by atoms with E-state index in [4.69, 9.17) is 0 Å². The summed E-state index contributed by atoms with van der Waals surface area (Å²) in [5, 5.41) is 4.26. The van der Waals surface area contributed by atoms with Gasteiger partial charge < -0.3 is 20.1 Å². The molecule has 166 valence electrons. The van der Waals surface area contributed by atoms with Gasteiger partial charge in [-0.25, -0.2) is 4.39 Å². The van der Waals surface area contributed by atoms with Gasteiger partial charge in [-0.3, -0.25) is 4.79 Å². The maximum Gasteiger partial charge on any atom is 0.274 e. The van der Waals surface area contributed by atoms with E-state index in [0.717, 1.165) is 61.7 Å². The van der Waals surface area contributed by atoms with E-state index in [1.54, 1.807) is 12.1 Å². The molecule has 0 radical (unpaired) electrons. The quantitative estimate of drug-likeness (QED) is 0.660. The van der Waals surface area contributed by atoms with Crippen LogP contribution in [0.2, 0.25) is 0 Å². The first kappa shape index (κ1) is 19.9. The lowest BCUT2D eigenvalue weighted by Gasteiger charge is -2.29. The smallest absolute Gasteiger partial charge is 0.274 e. The highest BCUT2D eigenvalue weighted by molar-refractivity contribution is 6.09. The largest absolute Gasteiger partial charge is 0.351 e. The average Bonchev–Trinajstić information content (AvgIpc) is 3.50. The lowest BCUT2D eigenvalue weighted by atomic mass is 9.81. The van der Waals surface area contributed by atoms with Gasteiger partial charge in [0.05, 0.1) is 0 Å². The molecule has 4 heterocycles. The number of halogens is 1. The number of nitrogens with zero attached hydrogens (tertiary/aromatic N) is 2. The molecule has 2 atom stereocenters. The molecule has 2 aromatic carbocycles. The zero-order chi connectivity index (χ0) is 21.7. The first-order valence-corrected chi connectivity index (χ1v) is 11.7. The fraction of sp³-hybridized carbons (Fsp3) is 0.423. The van der Waals surface area contributed by atoms with Crippen LogP contribution in [0.3, 0.4) is 0 Å². The zero-order valence-corrected chi connectivity index (χ0v) is 18.2. The topological polar surface area (TPSA) is 51.4 Å². The first-order valence-electron chi connectivity index (χ1n) is 11.7. The molecular formula is C26H29FN4O. The second-order valence-electron chi connectivity index (χ2n) is 9.80. The maximum atomic E-state index is 13.6. The van der Waals surface area contributed by atoms with E-state index >= 15 is 0 Å². The molecule has 2 N–H and O–H groups in total. The van der Waals surface area contributed by atoms with Gasteiger partial charge in [0.25, 0.3) is 5.91 Å². The molecular weight excluding hydrogens is 403 g/mol.